The van der Waals surface area contributed by atoms with Gasteiger partial charge in [0.25, 0.3) is 0 Å². The second-order valence-corrected chi connectivity index (χ2v) is 5.75. The Morgan fingerprint density at radius 1 is 1.50 bits per heavy atom. The van der Waals surface area contributed by atoms with Gasteiger partial charge in [0.2, 0.25) is 0 Å². The Balaban J connectivity index is 2.71. The number of hydrogen-bond donors (Lipinski definition) is 1. The highest BCUT2D eigenvalue weighted by Crippen LogP contribution is 2.25. The van der Waals surface area contributed by atoms with Crippen LogP contribution in [-0.4, -0.2) is 39.3 Å². The Hall–Kier alpha value is -0.840. The number of nitrogens with zero attached hydrogens (tertiary/aromatic N) is 1. The number of rotatable bonds is 1. The SMILES string of the molecule is C[C@H]1C[C@@H](C(O)=S)N(C(=O)OC(C)(C)C)C1. The van der Waals surface area contributed by atoms with Crippen LogP contribution < -0.4 is 0 Å². The average molecular weight is 245 g/mol. The summed E-state index contributed by atoms with van der Waals surface area (Å²) in [5.41, 5.74) is -0.523. The molecule has 1 aliphatic heterocycles. The summed E-state index contributed by atoms with van der Waals surface area (Å²) >= 11 is 4.75. The summed E-state index contributed by atoms with van der Waals surface area (Å²) in [7, 11) is 0. The molecule has 0 radical (unpaired) electrons. The molecular formula is C11H19NO3S. The number of carbonyl (C=O) groups is 1. The van der Waals surface area contributed by atoms with Crippen molar-refractivity contribution in [3.8, 4) is 0 Å². The smallest absolute Gasteiger partial charge is 0.410 e. The molecule has 0 saturated carbocycles. The van der Waals surface area contributed by atoms with Gasteiger partial charge in [-0.1, -0.05) is 6.92 Å². The molecule has 0 aliphatic carbocycles. The summed E-state index contributed by atoms with van der Waals surface area (Å²) in [5.74, 6) is 0.336. The van der Waals surface area contributed by atoms with E-state index in [0.29, 0.717) is 18.9 Å². The summed E-state index contributed by atoms with van der Waals surface area (Å²) in [5, 5.41) is 9.24. The lowest BCUT2D eigenvalue weighted by Crippen LogP contribution is -2.42. The molecule has 4 nitrogen and oxygen atoms in total. The summed E-state index contributed by atoms with van der Waals surface area (Å²) < 4.78 is 5.27. The molecular weight excluding hydrogens is 226 g/mol. The number of aliphatic hydroxyl groups is 1. The number of hydrogen-bond acceptors (Lipinski definition) is 3. The molecule has 1 amide bonds. The zero-order chi connectivity index (χ0) is 12.5. The molecule has 1 aliphatic rings. The van der Waals surface area contributed by atoms with Gasteiger partial charge in [-0.15, -0.1) is 0 Å². The van der Waals surface area contributed by atoms with Crippen LogP contribution in [0.5, 0.6) is 0 Å². The van der Waals surface area contributed by atoms with Gasteiger partial charge in [0.05, 0.1) is 0 Å². The van der Waals surface area contributed by atoms with Gasteiger partial charge < -0.3 is 9.84 Å². The van der Waals surface area contributed by atoms with E-state index in [-0.39, 0.29) is 11.1 Å². The monoisotopic (exact) mass is 245 g/mol. The first-order chi connectivity index (χ1) is 7.20. The van der Waals surface area contributed by atoms with E-state index in [1.165, 1.54) is 4.90 Å². The van der Waals surface area contributed by atoms with Crippen LogP contribution in [0.2, 0.25) is 0 Å². The Bertz CT molecular complexity index is 298. The number of amides is 1. The second-order valence-electron chi connectivity index (χ2n) is 5.33. The van der Waals surface area contributed by atoms with E-state index in [0.717, 1.165) is 0 Å². The molecule has 5 heteroatoms. The highest BCUT2D eigenvalue weighted by Gasteiger charge is 2.37. The zero-order valence-electron chi connectivity index (χ0n) is 10.2. The predicted molar refractivity (Wildman–Crippen MR) is 65.7 cm³/mol. The van der Waals surface area contributed by atoms with Crippen molar-refractivity contribution >= 4 is 23.4 Å². The first kappa shape index (κ1) is 13.2. The summed E-state index contributed by atoms with van der Waals surface area (Å²) in [6, 6.07) is -0.375. The Kier molecular flexibility index (Phi) is 3.78. The van der Waals surface area contributed by atoms with Crippen molar-refractivity contribution < 1.29 is 14.6 Å². The van der Waals surface area contributed by atoms with E-state index in [9.17, 15) is 9.90 Å². The van der Waals surface area contributed by atoms with E-state index >= 15 is 0 Å². The van der Waals surface area contributed by atoms with Crippen LogP contribution in [0.15, 0.2) is 0 Å². The van der Waals surface area contributed by atoms with E-state index in [2.05, 4.69) is 0 Å². The molecule has 1 N–H and O–H groups in total. The first-order valence-electron chi connectivity index (χ1n) is 5.43. The Morgan fingerprint density at radius 2 is 2.06 bits per heavy atom. The maximum atomic E-state index is 11.9. The minimum Gasteiger partial charge on any atom is -0.500 e. The van der Waals surface area contributed by atoms with Gasteiger partial charge in [-0.05, 0) is 45.3 Å². The van der Waals surface area contributed by atoms with Crippen LogP contribution in [0.25, 0.3) is 0 Å². The molecule has 1 heterocycles. The first-order valence-corrected chi connectivity index (χ1v) is 5.84. The lowest BCUT2D eigenvalue weighted by Gasteiger charge is -2.27. The summed E-state index contributed by atoms with van der Waals surface area (Å²) in [6.45, 7) is 8.06. The molecule has 0 aromatic carbocycles. The minimum atomic E-state index is -0.523. The van der Waals surface area contributed by atoms with Crippen LogP contribution in [0.4, 0.5) is 4.79 Å². The standard InChI is InChI=1S/C11H19NO3S/c1-7-5-8(9(13)16)12(6-7)10(14)15-11(2,3)4/h7-8H,5-6H2,1-4H3,(H,13,16)/t7-,8-/m0/s1. The van der Waals surface area contributed by atoms with Gasteiger partial charge in [-0.3, -0.25) is 4.90 Å². The fraction of sp³-hybridized carbons (Fsp3) is 0.818. The zero-order valence-corrected chi connectivity index (χ0v) is 11.0. The quantitative estimate of drug-likeness (QED) is 0.721. The summed E-state index contributed by atoms with van der Waals surface area (Å²) in [6.07, 6.45) is 0.299. The molecule has 92 valence electrons. The van der Waals surface area contributed by atoms with Crippen molar-refractivity contribution in [3.63, 3.8) is 0 Å². The Morgan fingerprint density at radius 3 is 2.50 bits per heavy atom. The van der Waals surface area contributed by atoms with Crippen molar-refractivity contribution in [1.29, 1.82) is 0 Å². The largest absolute Gasteiger partial charge is 0.500 e. The van der Waals surface area contributed by atoms with Gasteiger partial charge in [0.1, 0.15) is 11.6 Å². The molecule has 1 rings (SSSR count). The fourth-order valence-electron chi connectivity index (χ4n) is 1.80. The van der Waals surface area contributed by atoms with Crippen LogP contribution in [0, 0.1) is 5.92 Å². The third-order valence-electron chi connectivity index (χ3n) is 2.42. The topological polar surface area (TPSA) is 49.8 Å². The van der Waals surface area contributed by atoms with Gasteiger partial charge in [-0.25, -0.2) is 4.79 Å². The van der Waals surface area contributed by atoms with E-state index in [1.54, 1.807) is 0 Å². The summed E-state index contributed by atoms with van der Waals surface area (Å²) in [4.78, 5) is 13.4. The molecule has 0 aromatic heterocycles. The number of ether oxygens (including phenoxy) is 1. The lowest BCUT2D eigenvalue weighted by molar-refractivity contribution is 0.0254. The van der Waals surface area contributed by atoms with Crippen molar-refractivity contribution in [3.05, 3.63) is 0 Å². The molecule has 0 unspecified atom stereocenters. The molecule has 2 atom stereocenters. The highest BCUT2D eigenvalue weighted by atomic mass is 32.1. The average Bonchev–Trinajstić information content (AvgIpc) is 2.44. The van der Waals surface area contributed by atoms with E-state index < -0.39 is 11.7 Å². The molecule has 0 spiro atoms. The number of aliphatic hydroxyl groups excluding tert-OH is 1. The van der Waals surface area contributed by atoms with Gasteiger partial charge in [0.15, 0.2) is 5.05 Å². The molecule has 1 saturated heterocycles. The third kappa shape index (κ3) is 3.33. The molecule has 0 aromatic rings. The second kappa shape index (κ2) is 4.57. The highest BCUT2D eigenvalue weighted by molar-refractivity contribution is 7.80. The van der Waals surface area contributed by atoms with Gasteiger partial charge >= 0.3 is 6.09 Å². The fourth-order valence-corrected chi connectivity index (χ4v) is 2.03. The molecule has 16 heavy (non-hydrogen) atoms. The van der Waals surface area contributed by atoms with Crippen LogP contribution in [0.3, 0.4) is 0 Å². The van der Waals surface area contributed by atoms with E-state index in [4.69, 9.17) is 17.0 Å². The Labute approximate surface area is 102 Å². The third-order valence-corrected chi connectivity index (χ3v) is 2.70. The maximum Gasteiger partial charge on any atom is 0.410 e. The van der Waals surface area contributed by atoms with Crippen LogP contribution >= 0.6 is 12.2 Å². The maximum absolute atomic E-state index is 11.9. The lowest BCUT2D eigenvalue weighted by atomic mass is 10.1. The van der Waals surface area contributed by atoms with Crippen molar-refractivity contribution in [1.82, 2.24) is 4.90 Å². The van der Waals surface area contributed by atoms with Crippen molar-refractivity contribution in [2.24, 2.45) is 5.92 Å². The molecule has 1 fully saturated rings. The van der Waals surface area contributed by atoms with Crippen molar-refractivity contribution in [2.45, 2.75) is 45.8 Å². The minimum absolute atomic E-state index is 0.129. The van der Waals surface area contributed by atoms with Gasteiger partial charge in [-0.2, -0.15) is 0 Å². The van der Waals surface area contributed by atoms with E-state index in [1.807, 2.05) is 27.7 Å². The van der Waals surface area contributed by atoms with Crippen LogP contribution in [-0.2, 0) is 4.74 Å². The van der Waals surface area contributed by atoms with Crippen LogP contribution in [0.1, 0.15) is 34.1 Å². The predicted octanol–water partition coefficient (Wildman–Crippen LogP) is 2.52. The molecule has 0 bridgehead atoms. The number of carbonyl (C=O) groups excluding carboxylic acids is 1. The normalized spacial score (nSPS) is 25.6. The number of likely N-dealkylation sites (tertiary alicyclic amines) is 1. The number of thiocarbonyl (C=S) groups is 1. The van der Waals surface area contributed by atoms with Crippen molar-refractivity contribution in [2.75, 3.05) is 6.54 Å². The van der Waals surface area contributed by atoms with Gasteiger partial charge in [0, 0.05) is 6.54 Å².